The van der Waals surface area contributed by atoms with Crippen LogP contribution in [0.2, 0.25) is 0 Å². The summed E-state index contributed by atoms with van der Waals surface area (Å²) in [7, 11) is 1.74. The van der Waals surface area contributed by atoms with Gasteiger partial charge in [0.15, 0.2) is 0 Å². The zero-order chi connectivity index (χ0) is 22.5. The first-order valence-electron chi connectivity index (χ1n) is 11.8. The van der Waals surface area contributed by atoms with Crippen molar-refractivity contribution >= 4 is 11.0 Å². The highest BCUT2D eigenvalue weighted by Gasteiger charge is 2.26. The average Bonchev–Trinajstić information content (AvgIpc) is 3.27. The van der Waals surface area contributed by atoms with Gasteiger partial charge in [-0.1, -0.05) is 66.7 Å². The third kappa shape index (κ3) is 5.01. The van der Waals surface area contributed by atoms with E-state index in [1.54, 1.807) is 7.11 Å². The molecule has 0 unspecified atom stereocenters. The average molecular weight is 441 g/mol. The lowest BCUT2D eigenvalue weighted by molar-refractivity contribution is 0.105. The van der Waals surface area contributed by atoms with Crippen molar-refractivity contribution in [3.05, 3.63) is 102 Å². The van der Waals surface area contributed by atoms with E-state index >= 15 is 0 Å². The van der Waals surface area contributed by atoms with Crippen LogP contribution in [-0.2, 0) is 17.8 Å². The lowest BCUT2D eigenvalue weighted by Crippen LogP contribution is -2.47. The Labute approximate surface area is 196 Å². The zero-order valence-corrected chi connectivity index (χ0v) is 19.3. The molecule has 170 valence electrons. The van der Waals surface area contributed by atoms with Crippen LogP contribution < -0.4 is 0 Å². The summed E-state index contributed by atoms with van der Waals surface area (Å²) in [6, 6.07) is 28.8. The van der Waals surface area contributed by atoms with Crippen LogP contribution in [-0.4, -0.2) is 59.2 Å². The molecule has 1 aliphatic heterocycles. The van der Waals surface area contributed by atoms with Crippen molar-refractivity contribution in [3.8, 4) is 0 Å². The molecule has 0 N–H and O–H groups in total. The minimum atomic E-state index is 0.307. The van der Waals surface area contributed by atoms with Crippen LogP contribution in [0.5, 0.6) is 0 Å². The number of hydrogen-bond donors (Lipinski definition) is 0. The summed E-state index contributed by atoms with van der Waals surface area (Å²) in [4.78, 5) is 9.80. The maximum Gasteiger partial charge on any atom is 0.0959 e. The normalized spacial score (nSPS) is 15.5. The number of rotatable bonds is 8. The highest BCUT2D eigenvalue weighted by atomic mass is 16.5. The number of benzene rings is 3. The highest BCUT2D eigenvalue weighted by Crippen LogP contribution is 2.29. The van der Waals surface area contributed by atoms with Crippen LogP contribution in [0.1, 0.15) is 22.7 Å². The molecule has 0 atom stereocenters. The van der Waals surface area contributed by atoms with Gasteiger partial charge in [0.2, 0.25) is 0 Å². The van der Waals surface area contributed by atoms with Gasteiger partial charge in [0, 0.05) is 46.4 Å². The van der Waals surface area contributed by atoms with Crippen LogP contribution >= 0.6 is 0 Å². The van der Waals surface area contributed by atoms with E-state index in [1.807, 2.05) is 6.33 Å². The van der Waals surface area contributed by atoms with Crippen LogP contribution in [0.3, 0.4) is 0 Å². The summed E-state index contributed by atoms with van der Waals surface area (Å²) in [5, 5.41) is 0. The smallest absolute Gasteiger partial charge is 0.0959 e. The molecule has 0 amide bonds. The van der Waals surface area contributed by atoms with E-state index in [9.17, 15) is 0 Å². The van der Waals surface area contributed by atoms with Gasteiger partial charge in [-0.05, 0) is 28.8 Å². The predicted octanol–water partition coefficient (Wildman–Crippen LogP) is 4.59. The largest absolute Gasteiger partial charge is 0.383 e. The Morgan fingerprint density at radius 1 is 0.848 bits per heavy atom. The second-order valence-corrected chi connectivity index (χ2v) is 8.79. The Kier molecular flexibility index (Phi) is 6.81. The summed E-state index contributed by atoms with van der Waals surface area (Å²) >= 11 is 0. The van der Waals surface area contributed by atoms with Crippen molar-refractivity contribution in [2.24, 2.45) is 0 Å². The number of piperazine rings is 1. The predicted molar refractivity (Wildman–Crippen MR) is 133 cm³/mol. The summed E-state index contributed by atoms with van der Waals surface area (Å²) in [6.07, 6.45) is 1.92. The first-order valence-corrected chi connectivity index (χ1v) is 11.8. The van der Waals surface area contributed by atoms with E-state index in [-0.39, 0.29) is 0 Å². The number of methoxy groups -OCH3 is 1. The number of hydrogen-bond acceptors (Lipinski definition) is 4. The Morgan fingerprint density at radius 2 is 1.52 bits per heavy atom. The molecule has 0 radical (unpaired) electrons. The van der Waals surface area contributed by atoms with Crippen molar-refractivity contribution in [1.29, 1.82) is 0 Å². The Hall–Kier alpha value is -2.99. The molecule has 0 spiro atoms. The second-order valence-electron chi connectivity index (χ2n) is 8.79. The second kappa shape index (κ2) is 10.3. The molecule has 0 aliphatic carbocycles. The van der Waals surface area contributed by atoms with E-state index < -0.39 is 0 Å². The quantitative estimate of drug-likeness (QED) is 0.401. The molecule has 2 heterocycles. The molecule has 5 nitrogen and oxygen atoms in total. The fourth-order valence-corrected chi connectivity index (χ4v) is 4.90. The minimum absolute atomic E-state index is 0.307. The molecule has 5 heteroatoms. The molecule has 3 aromatic carbocycles. The van der Waals surface area contributed by atoms with Crippen molar-refractivity contribution in [3.63, 3.8) is 0 Å². The fourth-order valence-electron chi connectivity index (χ4n) is 4.90. The molecule has 4 aromatic rings. The van der Waals surface area contributed by atoms with E-state index in [2.05, 4.69) is 98.2 Å². The van der Waals surface area contributed by atoms with Gasteiger partial charge in [0.25, 0.3) is 0 Å². The van der Waals surface area contributed by atoms with Gasteiger partial charge >= 0.3 is 0 Å². The number of nitrogens with zero attached hydrogens (tertiary/aromatic N) is 4. The Morgan fingerprint density at radius 3 is 2.15 bits per heavy atom. The van der Waals surface area contributed by atoms with Crippen LogP contribution in [0.15, 0.2) is 85.2 Å². The van der Waals surface area contributed by atoms with Gasteiger partial charge in [-0.3, -0.25) is 9.80 Å². The molecule has 0 saturated carbocycles. The van der Waals surface area contributed by atoms with E-state index in [4.69, 9.17) is 4.74 Å². The maximum atomic E-state index is 5.21. The standard InChI is InChI=1S/C28H32N4O/c1-33-19-18-32-22-29-26-20-23(12-13-27(26)32)21-30-14-16-31(17-15-30)28(24-8-4-2-5-9-24)25-10-6-3-7-11-25/h2-13,20,22,28H,14-19,21H2,1H3. The van der Waals surface area contributed by atoms with Gasteiger partial charge in [-0.25, -0.2) is 4.98 Å². The summed E-state index contributed by atoms with van der Waals surface area (Å²) in [6.45, 7) is 6.75. The highest BCUT2D eigenvalue weighted by molar-refractivity contribution is 5.76. The monoisotopic (exact) mass is 440 g/mol. The van der Waals surface area contributed by atoms with Gasteiger partial charge in [-0.15, -0.1) is 0 Å². The van der Waals surface area contributed by atoms with Crippen molar-refractivity contribution < 1.29 is 4.74 Å². The molecule has 5 rings (SSSR count). The molecular weight excluding hydrogens is 408 g/mol. The van der Waals surface area contributed by atoms with Gasteiger partial charge < -0.3 is 9.30 Å². The molecule has 33 heavy (non-hydrogen) atoms. The summed E-state index contributed by atoms with van der Waals surface area (Å²) in [5.74, 6) is 0. The van der Waals surface area contributed by atoms with E-state index in [0.717, 1.165) is 44.8 Å². The number of imidazole rings is 1. The molecule has 1 saturated heterocycles. The van der Waals surface area contributed by atoms with Crippen LogP contribution in [0, 0.1) is 0 Å². The number of aromatic nitrogens is 2. The molecule has 1 fully saturated rings. The maximum absolute atomic E-state index is 5.21. The lowest BCUT2D eigenvalue weighted by atomic mass is 9.96. The van der Waals surface area contributed by atoms with Gasteiger partial charge in [-0.2, -0.15) is 0 Å². The van der Waals surface area contributed by atoms with E-state index in [1.165, 1.54) is 22.2 Å². The minimum Gasteiger partial charge on any atom is -0.383 e. The third-order valence-electron chi connectivity index (χ3n) is 6.63. The molecule has 1 aliphatic rings. The van der Waals surface area contributed by atoms with Crippen molar-refractivity contribution in [1.82, 2.24) is 19.4 Å². The Bertz CT molecular complexity index is 1110. The summed E-state index contributed by atoms with van der Waals surface area (Å²) in [5.41, 5.74) is 6.30. The topological polar surface area (TPSA) is 33.5 Å². The van der Waals surface area contributed by atoms with Gasteiger partial charge in [0.1, 0.15) is 0 Å². The molecule has 1 aromatic heterocycles. The SMILES string of the molecule is COCCn1cnc2cc(CN3CCN(C(c4ccccc4)c4ccccc4)CC3)ccc21. The zero-order valence-electron chi connectivity index (χ0n) is 19.3. The van der Waals surface area contributed by atoms with E-state index in [0.29, 0.717) is 12.6 Å². The van der Waals surface area contributed by atoms with Crippen LogP contribution in [0.25, 0.3) is 11.0 Å². The molecule has 0 bridgehead atoms. The van der Waals surface area contributed by atoms with Gasteiger partial charge in [0.05, 0.1) is 30.0 Å². The van der Waals surface area contributed by atoms with Crippen LogP contribution in [0.4, 0.5) is 0 Å². The Balaban J connectivity index is 1.25. The third-order valence-corrected chi connectivity index (χ3v) is 6.63. The first kappa shape index (κ1) is 21.8. The van der Waals surface area contributed by atoms with Crippen molar-refractivity contribution in [2.75, 3.05) is 39.9 Å². The van der Waals surface area contributed by atoms with Crippen molar-refractivity contribution in [2.45, 2.75) is 19.1 Å². The number of fused-ring (bicyclic) bond motifs is 1. The number of ether oxygens (including phenoxy) is 1. The summed E-state index contributed by atoms with van der Waals surface area (Å²) < 4.78 is 7.37. The molecular formula is C28H32N4O. The lowest BCUT2D eigenvalue weighted by Gasteiger charge is -2.39. The first-order chi connectivity index (χ1) is 16.3. The fraction of sp³-hybridized carbons (Fsp3) is 0.321.